The molecule has 0 aromatic carbocycles. The smallest absolute Gasteiger partial charge is 0.132 e. The summed E-state index contributed by atoms with van der Waals surface area (Å²) in [5, 5.41) is 26.1. The van der Waals surface area contributed by atoms with Gasteiger partial charge in [0.1, 0.15) is 20.0 Å². The first-order chi connectivity index (χ1) is 5.54. The Balaban J connectivity index is 4.30. The van der Waals surface area contributed by atoms with E-state index in [-0.39, 0.29) is 6.29 Å². The zero-order valence-electron chi connectivity index (χ0n) is 6.67. The van der Waals surface area contributed by atoms with Crippen LogP contribution in [0.2, 0.25) is 0 Å². The Labute approximate surface area is 64.7 Å². The number of aldehydes is 2. The van der Waals surface area contributed by atoms with E-state index in [1.54, 1.807) is 0 Å². The summed E-state index contributed by atoms with van der Waals surface area (Å²) in [7, 11) is 0. The van der Waals surface area contributed by atoms with Crippen LogP contribution in [-0.2, 0) is 9.59 Å². The molecule has 0 spiro atoms. The Morgan fingerprint density at radius 3 is 2.27 bits per heavy atom. The molecule has 0 heterocycles. The Kier molecular flexibility index (Phi) is 3.74. The number of rotatable bonds is 5. The van der Waals surface area contributed by atoms with Gasteiger partial charge in [-0.25, -0.2) is 0 Å². The van der Waals surface area contributed by atoms with Crippen LogP contribution in [0.1, 0.15) is 1.37 Å². The molecule has 0 rings (SSSR count). The zero-order chi connectivity index (χ0) is 9.72. The van der Waals surface area contributed by atoms with Gasteiger partial charge in [0.2, 0.25) is 0 Å². The van der Waals surface area contributed by atoms with Crippen LogP contribution in [0.3, 0.4) is 0 Å². The van der Waals surface area contributed by atoms with Crippen molar-refractivity contribution in [1.29, 1.82) is 0 Å². The van der Waals surface area contributed by atoms with Gasteiger partial charge in [-0.1, -0.05) is 0 Å². The maximum atomic E-state index is 10.3. The molecule has 0 aliphatic carbocycles. The van der Waals surface area contributed by atoms with Gasteiger partial charge >= 0.3 is 0 Å². The van der Waals surface area contributed by atoms with Crippen molar-refractivity contribution < 1.29 is 26.3 Å². The van der Waals surface area contributed by atoms with Crippen molar-refractivity contribution >= 4 is 12.5 Å². The maximum absolute atomic E-state index is 10.3. The first kappa shape index (κ1) is 8.32. The minimum absolute atomic E-state index is 0.0683. The van der Waals surface area contributed by atoms with Crippen LogP contribution in [0.15, 0.2) is 0 Å². The minimum atomic E-state index is -1.71. The molecule has 64 valence electrons. The summed E-state index contributed by atoms with van der Waals surface area (Å²) in [6.45, 7) is -0.765. The highest BCUT2D eigenvalue weighted by atomic mass is 16.4. The van der Waals surface area contributed by atoms with E-state index >= 15 is 0 Å². The topological polar surface area (TPSA) is 94.8 Å². The van der Waals surface area contributed by atoms with E-state index in [1.807, 2.05) is 0 Å². The minimum Gasteiger partial charge on any atom is -0.394 e. The fraction of sp³-hybridized carbons (Fsp3) is 0.667. The van der Waals surface area contributed by atoms with E-state index in [0.717, 1.165) is 0 Å². The van der Waals surface area contributed by atoms with Gasteiger partial charge in [0, 0.05) is 0 Å². The van der Waals surface area contributed by atoms with E-state index in [2.05, 4.69) is 0 Å². The zero-order valence-corrected chi connectivity index (χ0v) is 5.67. The Morgan fingerprint density at radius 1 is 1.45 bits per heavy atom. The normalized spacial score (nSPS) is 19.7. The van der Waals surface area contributed by atoms with Gasteiger partial charge in [-0.15, -0.1) is 0 Å². The standard InChI is InChI=1S/C6H10O5/c7-1-4(2-8)6(11)5(10)3-9/h1-2,4-6,9-11H,3H2/t5-,6+/m1/s1/i1D/t4-,5-,6+. The second kappa shape index (κ2) is 4.95. The molecule has 0 saturated heterocycles. The highest BCUT2D eigenvalue weighted by Crippen LogP contribution is 2.02. The van der Waals surface area contributed by atoms with E-state index in [1.165, 1.54) is 0 Å². The Morgan fingerprint density at radius 2 is 2.00 bits per heavy atom. The molecule has 0 saturated carbocycles. The maximum Gasteiger partial charge on any atom is 0.132 e. The average Bonchev–Trinajstić information content (AvgIpc) is 2.03. The van der Waals surface area contributed by atoms with E-state index in [4.69, 9.17) is 16.7 Å². The summed E-state index contributed by atoms with van der Waals surface area (Å²) >= 11 is 0. The summed E-state index contributed by atoms with van der Waals surface area (Å²) in [4.78, 5) is 20.4. The molecule has 3 N–H and O–H groups in total. The molecule has 0 radical (unpaired) electrons. The van der Waals surface area contributed by atoms with Crippen LogP contribution in [-0.4, -0.2) is 46.7 Å². The lowest BCUT2D eigenvalue weighted by Gasteiger charge is -2.16. The van der Waals surface area contributed by atoms with E-state index in [0.29, 0.717) is 0 Å². The molecule has 0 bridgehead atoms. The van der Waals surface area contributed by atoms with Crippen molar-refractivity contribution in [2.24, 2.45) is 5.92 Å². The lowest BCUT2D eigenvalue weighted by atomic mass is 10.0. The SMILES string of the molecule is [2H]C(=O)[C@H](C=O)[C@H](O)[C@H](O)CO. The van der Waals surface area contributed by atoms with Gasteiger partial charge in [-0.3, -0.25) is 0 Å². The molecule has 5 nitrogen and oxygen atoms in total. The van der Waals surface area contributed by atoms with E-state index in [9.17, 15) is 9.59 Å². The molecule has 3 atom stereocenters. The first-order valence-corrected chi connectivity index (χ1v) is 2.97. The quantitative estimate of drug-likeness (QED) is 0.313. The highest BCUT2D eigenvalue weighted by molar-refractivity contribution is 5.78. The summed E-state index contributed by atoms with van der Waals surface area (Å²) in [6, 6.07) is 0. The molecule has 0 aromatic heterocycles. The van der Waals surface area contributed by atoms with Crippen molar-refractivity contribution in [1.82, 2.24) is 0 Å². The summed E-state index contributed by atoms with van der Waals surface area (Å²) in [5.74, 6) is -1.59. The largest absolute Gasteiger partial charge is 0.394 e. The monoisotopic (exact) mass is 163 g/mol. The highest BCUT2D eigenvalue weighted by Gasteiger charge is 2.24. The van der Waals surface area contributed by atoms with Gasteiger partial charge in [0.25, 0.3) is 0 Å². The number of hydrogen-bond donors (Lipinski definition) is 3. The third-order valence-corrected chi connectivity index (χ3v) is 1.23. The first-order valence-electron chi connectivity index (χ1n) is 3.47. The molecule has 5 heteroatoms. The third kappa shape index (κ3) is 2.75. The molecule has 0 aliphatic rings. The molecule has 0 aromatic rings. The Hall–Kier alpha value is -0.780. The van der Waals surface area contributed by atoms with E-state index < -0.39 is 31.0 Å². The number of hydrogen-bond acceptors (Lipinski definition) is 5. The van der Waals surface area contributed by atoms with Crippen LogP contribution in [0.25, 0.3) is 0 Å². The fourth-order valence-electron chi connectivity index (χ4n) is 0.525. The van der Waals surface area contributed by atoms with Gasteiger partial charge < -0.3 is 24.9 Å². The van der Waals surface area contributed by atoms with Crippen LogP contribution in [0.4, 0.5) is 0 Å². The molecule has 0 fully saturated rings. The predicted octanol–water partition coefficient (Wildman–Crippen LogP) is -2.29. The molecule has 0 aliphatic heterocycles. The molecular formula is C6H10O5. The Bertz CT molecular complexity index is 171. The number of carbonyl (C=O) groups is 2. The predicted molar refractivity (Wildman–Crippen MR) is 34.7 cm³/mol. The van der Waals surface area contributed by atoms with Crippen molar-refractivity contribution in [2.45, 2.75) is 12.2 Å². The van der Waals surface area contributed by atoms with Crippen LogP contribution in [0.5, 0.6) is 0 Å². The van der Waals surface area contributed by atoms with Crippen molar-refractivity contribution in [3.63, 3.8) is 0 Å². The summed E-state index contributed by atoms with van der Waals surface area (Å²) in [5.41, 5.74) is 0. The molecular weight excluding hydrogens is 152 g/mol. The second-order valence-electron chi connectivity index (χ2n) is 2.02. The van der Waals surface area contributed by atoms with Crippen LogP contribution < -0.4 is 0 Å². The van der Waals surface area contributed by atoms with Gasteiger partial charge in [-0.05, 0) is 0 Å². The molecule has 0 amide bonds. The van der Waals surface area contributed by atoms with Crippen molar-refractivity contribution in [3.8, 4) is 0 Å². The molecule has 11 heavy (non-hydrogen) atoms. The second-order valence-corrected chi connectivity index (χ2v) is 2.02. The number of aliphatic hydroxyl groups excluding tert-OH is 3. The van der Waals surface area contributed by atoms with Gasteiger partial charge in [0.15, 0.2) is 0 Å². The lowest BCUT2D eigenvalue weighted by molar-refractivity contribution is -0.128. The lowest BCUT2D eigenvalue weighted by Crippen LogP contribution is -2.37. The molecule has 0 unspecified atom stereocenters. The van der Waals surface area contributed by atoms with Crippen molar-refractivity contribution in [2.75, 3.05) is 6.61 Å². The summed E-state index contributed by atoms with van der Waals surface area (Å²) in [6.07, 6.45) is -4.50. The van der Waals surface area contributed by atoms with Crippen LogP contribution in [0, 0.1) is 5.92 Å². The van der Waals surface area contributed by atoms with Gasteiger partial charge in [0.05, 0.1) is 18.6 Å². The number of aliphatic hydroxyl groups is 3. The number of carbonyl (C=O) groups excluding carboxylic acids is 2. The van der Waals surface area contributed by atoms with Crippen LogP contribution >= 0.6 is 0 Å². The third-order valence-electron chi connectivity index (χ3n) is 1.23. The fourth-order valence-corrected chi connectivity index (χ4v) is 0.525. The summed E-state index contributed by atoms with van der Waals surface area (Å²) < 4.78 is 6.51. The average molecular weight is 163 g/mol. The van der Waals surface area contributed by atoms with Gasteiger partial charge in [-0.2, -0.15) is 0 Å². The van der Waals surface area contributed by atoms with Crippen molar-refractivity contribution in [3.05, 3.63) is 0 Å².